The van der Waals surface area contributed by atoms with Gasteiger partial charge in [0.25, 0.3) is 0 Å². The monoisotopic (exact) mass is 384 g/mol. The molecule has 2 N–H and O–H groups in total. The summed E-state index contributed by atoms with van der Waals surface area (Å²) in [6.07, 6.45) is 0.111. The number of nitrogens with zero attached hydrogens (tertiary/aromatic N) is 1. The van der Waals surface area contributed by atoms with Crippen molar-refractivity contribution >= 4 is 23.5 Å². The fourth-order valence-corrected chi connectivity index (χ4v) is 1.92. The first kappa shape index (κ1) is 19.1. The first-order chi connectivity index (χ1) is 12.0. The molecule has 26 heavy (non-hydrogen) atoms. The Hall–Kier alpha value is -3.18. The zero-order chi connectivity index (χ0) is 19.9. The van der Waals surface area contributed by atoms with Crippen LogP contribution in [0.4, 0.5) is 46.5 Å². The van der Waals surface area contributed by atoms with Gasteiger partial charge >= 0.3 is 5.69 Å². The minimum Gasteiger partial charge on any atom is -0.394 e. The van der Waals surface area contributed by atoms with E-state index in [-0.39, 0.29) is 12.2 Å². The van der Waals surface area contributed by atoms with Crippen LogP contribution in [0.15, 0.2) is 0 Å². The van der Waals surface area contributed by atoms with E-state index in [2.05, 4.69) is 0 Å². The van der Waals surface area contributed by atoms with Crippen molar-refractivity contribution in [2.24, 2.45) is 0 Å². The highest BCUT2D eigenvalue weighted by atomic mass is 19.2. The quantitative estimate of drug-likeness (QED) is 0.212. The minimum absolute atomic E-state index is 0.0388. The van der Waals surface area contributed by atoms with Crippen molar-refractivity contribution in [3.05, 3.63) is 67.8 Å². The van der Waals surface area contributed by atoms with Crippen LogP contribution in [0.1, 0.15) is 11.1 Å². The molecule has 0 aromatic heterocycles. The van der Waals surface area contributed by atoms with Gasteiger partial charge < -0.3 is 5.73 Å². The molecule has 4 nitrogen and oxygen atoms in total. The molecule has 0 aliphatic rings. The molecule has 0 amide bonds. The van der Waals surface area contributed by atoms with Gasteiger partial charge in [-0.1, -0.05) is 0 Å². The Morgan fingerprint density at radius 3 is 1.27 bits per heavy atom. The molecule has 2 aromatic rings. The van der Waals surface area contributed by atoms with E-state index in [1.807, 2.05) is 0 Å². The van der Waals surface area contributed by atoms with Crippen LogP contribution < -0.4 is 5.73 Å². The van der Waals surface area contributed by atoms with Crippen LogP contribution in [0.25, 0.3) is 12.2 Å². The van der Waals surface area contributed by atoms with Gasteiger partial charge in [0.15, 0.2) is 34.9 Å². The van der Waals surface area contributed by atoms with Crippen LogP contribution in [0.5, 0.6) is 0 Å². The molecule has 0 spiro atoms. The van der Waals surface area contributed by atoms with Crippen molar-refractivity contribution in [1.82, 2.24) is 0 Å². The molecule has 0 bridgehead atoms. The number of hydrogen-bond donors (Lipinski definition) is 1. The lowest BCUT2D eigenvalue weighted by molar-refractivity contribution is -0.390. The largest absolute Gasteiger partial charge is 0.394 e. The van der Waals surface area contributed by atoms with Gasteiger partial charge in [-0.15, -0.1) is 0 Å². The molecule has 0 atom stereocenters. The second kappa shape index (κ2) is 6.61. The highest BCUT2D eigenvalue weighted by molar-refractivity contribution is 5.72. The average Bonchev–Trinajstić information content (AvgIpc) is 2.58. The van der Waals surface area contributed by atoms with Crippen molar-refractivity contribution in [1.29, 1.82) is 0 Å². The summed E-state index contributed by atoms with van der Waals surface area (Å²) >= 11 is 0. The molecule has 2 aromatic carbocycles. The number of benzene rings is 2. The molecule has 0 saturated carbocycles. The molecule has 0 aliphatic carbocycles. The third-order valence-corrected chi connectivity index (χ3v) is 3.20. The minimum atomic E-state index is -2.39. The van der Waals surface area contributed by atoms with Crippen molar-refractivity contribution in [3.8, 4) is 0 Å². The second-order valence-electron chi connectivity index (χ2n) is 4.69. The van der Waals surface area contributed by atoms with Crippen LogP contribution in [-0.4, -0.2) is 4.92 Å². The predicted molar refractivity (Wildman–Crippen MR) is 72.5 cm³/mol. The average molecular weight is 384 g/mol. The van der Waals surface area contributed by atoms with Crippen molar-refractivity contribution in [3.63, 3.8) is 0 Å². The molecule has 12 heteroatoms. The summed E-state index contributed by atoms with van der Waals surface area (Å²) in [4.78, 5) is 8.69. The van der Waals surface area contributed by atoms with Crippen molar-refractivity contribution < 1.29 is 40.0 Å². The Morgan fingerprint density at radius 1 is 0.654 bits per heavy atom. The summed E-state index contributed by atoms with van der Waals surface area (Å²) in [6, 6.07) is 0. The standard InChI is InChI=1S/C14H4F8N2O2/c15-5-3(6(16)10(20)13(23)9(5)19)1-2-4-7(17)11(21)14(24(25)26)12(22)8(4)18/h1-2H,23H2. The summed E-state index contributed by atoms with van der Waals surface area (Å²) in [5, 5.41) is 10.4. The Kier molecular flexibility index (Phi) is 4.87. The fraction of sp³-hybridized carbons (Fsp3) is 0. The normalized spacial score (nSPS) is 11.4. The summed E-state index contributed by atoms with van der Waals surface area (Å²) in [6.45, 7) is 0. The molecule has 2 rings (SSSR count). The van der Waals surface area contributed by atoms with Gasteiger partial charge in [0.05, 0.1) is 16.1 Å². The Labute approximate surface area is 138 Å². The molecular weight excluding hydrogens is 380 g/mol. The molecule has 0 unspecified atom stereocenters. The number of anilines is 1. The fourth-order valence-electron chi connectivity index (χ4n) is 1.92. The molecule has 0 radical (unpaired) electrons. The second-order valence-corrected chi connectivity index (χ2v) is 4.69. The van der Waals surface area contributed by atoms with Gasteiger partial charge in [-0.25, -0.2) is 26.3 Å². The smallest absolute Gasteiger partial charge is 0.346 e. The van der Waals surface area contributed by atoms with E-state index >= 15 is 0 Å². The number of hydrogen-bond acceptors (Lipinski definition) is 3. The van der Waals surface area contributed by atoms with Crippen LogP contribution in [0, 0.1) is 56.7 Å². The lowest BCUT2D eigenvalue weighted by Gasteiger charge is -2.07. The van der Waals surface area contributed by atoms with E-state index < -0.39 is 74.0 Å². The summed E-state index contributed by atoms with van der Waals surface area (Å²) in [5.74, 6) is -17.4. The number of nitro groups is 1. The molecule has 138 valence electrons. The molecular formula is C14H4F8N2O2. The number of halogens is 8. The third-order valence-electron chi connectivity index (χ3n) is 3.20. The summed E-state index contributed by atoms with van der Waals surface area (Å²) < 4.78 is 108. The highest BCUT2D eigenvalue weighted by Gasteiger charge is 2.32. The SMILES string of the molecule is Nc1c(F)c(F)c(C=Cc2c(F)c(F)c([N+](=O)[O-])c(F)c2F)c(F)c1F. The van der Waals surface area contributed by atoms with E-state index in [9.17, 15) is 45.2 Å². The molecule has 0 saturated heterocycles. The number of nitrogens with two attached hydrogens (primary N) is 1. The van der Waals surface area contributed by atoms with Gasteiger partial charge in [-0.2, -0.15) is 8.78 Å². The zero-order valence-corrected chi connectivity index (χ0v) is 12.0. The molecule has 0 fully saturated rings. The number of rotatable bonds is 3. The van der Waals surface area contributed by atoms with E-state index in [4.69, 9.17) is 5.73 Å². The summed E-state index contributed by atoms with van der Waals surface area (Å²) in [5.41, 5.74) is -1.97. The van der Waals surface area contributed by atoms with Gasteiger partial charge in [-0.05, 0) is 12.2 Å². The maximum Gasteiger partial charge on any atom is 0.346 e. The third kappa shape index (κ3) is 2.82. The van der Waals surface area contributed by atoms with Crippen molar-refractivity contribution in [2.75, 3.05) is 5.73 Å². The van der Waals surface area contributed by atoms with Gasteiger partial charge in [0.2, 0.25) is 11.6 Å². The number of nitrogen functional groups attached to an aromatic ring is 1. The molecule has 0 heterocycles. The first-order valence-electron chi connectivity index (χ1n) is 6.30. The summed E-state index contributed by atoms with van der Waals surface area (Å²) in [7, 11) is 0. The van der Waals surface area contributed by atoms with Gasteiger partial charge in [-0.3, -0.25) is 10.1 Å². The van der Waals surface area contributed by atoms with E-state index in [0.29, 0.717) is 0 Å². The van der Waals surface area contributed by atoms with E-state index in [1.54, 1.807) is 0 Å². The van der Waals surface area contributed by atoms with Crippen molar-refractivity contribution in [2.45, 2.75) is 0 Å². The lowest BCUT2D eigenvalue weighted by Crippen LogP contribution is -2.07. The lowest BCUT2D eigenvalue weighted by atomic mass is 10.1. The predicted octanol–water partition coefficient (Wildman–Crippen LogP) is 4.46. The Bertz CT molecular complexity index is 916. The zero-order valence-electron chi connectivity index (χ0n) is 12.0. The van der Waals surface area contributed by atoms with Crippen LogP contribution in [0.3, 0.4) is 0 Å². The maximum atomic E-state index is 13.7. The van der Waals surface area contributed by atoms with Crippen LogP contribution in [-0.2, 0) is 0 Å². The van der Waals surface area contributed by atoms with E-state index in [1.165, 1.54) is 0 Å². The van der Waals surface area contributed by atoms with E-state index in [0.717, 1.165) is 0 Å². The number of nitro benzene ring substituents is 1. The first-order valence-corrected chi connectivity index (χ1v) is 6.30. The Balaban J connectivity index is 2.70. The van der Waals surface area contributed by atoms with Crippen LogP contribution in [0.2, 0.25) is 0 Å². The van der Waals surface area contributed by atoms with Gasteiger partial charge in [0, 0.05) is 0 Å². The molecule has 0 aliphatic heterocycles. The van der Waals surface area contributed by atoms with Crippen LogP contribution >= 0.6 is 0 Å². The van der Waals surface area contributed by atoms with Gasteiger partial charge in [0.1, 0.15) is 5.69 Å². The highest BCUT2D eigenvalue weighted by Crippen LogP contribution is 2.32. The Morgan fingerprint density at radius 2 is 0.962 bits per heavy atom. The topological polar surface area (TPSA) is 69.2 Å². The maximum absolute atomic E-state index is 13.7.